The van der Waals surface area contributed by atoms with Crippen LogP contribution in [-0.2, 0) is 11.3 Å². The Balaban J connectivity index is 1.73. The van der Waals surface area contributed by atoms with Crippen LogP contribution >= 0.6 is 11.6 Å². The van der Waals surface area contributed by atoms with E-state index in [4.69, 9.17) is 16.3 Å². The van der Waals surface area contributed by atoms with Gasteiger partial charge in [-0.25, -0.2) is 4.79 Å². The zero-order chi connectivity index (χ0) is 15.8. The number of carbonyl (C=O) groups is 1. The number of benzene rings is 1. The first-order valence-electron chi connectivity index (χ1n) is 6.88. The van der Waals surface area contributed by atoms with Gasteiger partial charge in [0.25, 0.3) is 0 Å². The molecule has 2 aromatic rings. The van der Waals surface area contributed by atoms with Gasteiger partial charge >= 0.3 is 6.09 Å². The second-order valence-corrected chi connectivity index (χ2v) is 5.14. The highest BCUT2D eigenvalue weighted by atomic mass is 35.5. The molecule has 0 fully saturated rings. The average Bonchev–Trinajstić information content (AvgIpc) is 2.52. The van der Waals surface area contributed by atoms with E-state index in [1.807, 2.05) is 55.5 Å². The van der Waals surface area contributed by atoms with Gasteiger partial charge < -0.3 is 10.1 Å². The molecular formula is C17H17ClN2O2. The highest BCUT2D eigenvalue weighted by Crippen LogP contribution is 2.13. The minimum atomic E-state index is -0.450. The van der Waals surface area contributed by atoms with E-state index in [2.05, 4.69) is 10.3 Å². The number of nitrogens with one attached hydrogen (secondary N) is 1. The second-order valence-electron chi connectivity index (χ2n) is 4.70. The minimum Gasteiger partial charge on any atom is -0.445 e. The van der Waals surface area contributed by atoms with Crippen LogP contribution in [-0.4, -0.2) is 17.6 Å². The molecule has 0 saturated heterocycles. The number of pyridine rings is 1. The lowest BCUT2D eigenvalue weighted by atomic mass is 10.2. The lowest BCUT2D eigenvalue weighted by Crippen LogP contribution is -2.24. The van der Waals surface area contributed by atoms with Crippen LogP contribution in [0.25, 0.3) is 6.08 Å². The van der Waals surface area contributed by atoms with Gasteiger partial charge in [-0.3, -0.25) is 4.98 Å². The molecule has 0 aliphatic heterocycles. The summed E-state index contributed by atoms with van der Waals surface area (Å²) in [5.41, 5.74) is 2.76. The molecule has 0 aliphatic carbocycles. The Kier molecular flexibility index (Phi) is 5.98. The standard InChI is InChI=1S/C17H17ClN2O2/c1-13-10-15(18)11-20-16(13)8-5-9-19-17(21)22-12-14-6-3-2-4-7-14/h2-8,10-11H,9,12H2,1H3,(H,19,21). The van der Waals surface area contributed by atoms with Crippen molar-refractivity contribution < 1.29 is 9.53 Å². The summed E-state index contributed by atoms with van der Waals surface area (Å²) in [6, 6.07) is 11.4. The van der Waals surface area contributed by atoms with Crippen molar-refractivity contribution in [2.45, 2.75) is 13.5 Å². The maximum Gasteiger partial charge on any atom is 0.407 e. The fourth-order valence-corrected chi connectivity index (χ4v) is 2.02. The van der Waals surface area contributed by atoms with Crippen LogP contribution in [0, 0.1) is 6.92 Å². The molecule has 1 heterocycles. The summed E-state index contributed by atoms with van der Waals surface area (Å²) in [4.78, 5) is 15.7. The monoisotopic (exact) mass is 316 g/mol. The van der Waals surface area contributed by atoms with E-state index in [-0.39, 0.29) is 6.61 Å². The first-order valence-corrected chi connectivity index (χ1v) is 7.26. The molecule has 0 radical (unpaired) electrons. The third-order valence-electron chi connectivity index (χ3n) is 2.94. The normalized spacial score (nSPS) is 10.6. The highest BCUT2D eigenvalue weighted by Gasteiger charge is 2.01. The van der Waals surface area contributed by atoms with Crippen molar-refractivity contribution in [3.8, 4) is 0 Å². The SMILES string of the molecule is Cc1cc(Cl)cnc1C=CCNC(=O)OCc1ccccc1. The Morgan fingerprint density at radius 1 is 1.36 bits per heavy atom. The Bertz CT molecular complexity index is 657. The minimum absolute atomic E-state index is 0.258. The number of hydrogen-bond donors (Lipinski definition) is 1. The van der Waals surface area contributed by atoms with Crippen molar-refractivity contribution >= 4 is 23.8 Å². The van der Waals surface area contributed by atoms with E-state index in [1.165, 1.54) is 0 Å². The van der Waals surface area contributed by atoms with Crippen molar-refractivity contribution in [3.63, 3.8) is 0 Å². The van der Waals surface area contributed by atoms with Crippen LogP contribution in [0.5, 0.6) is 0 Å². The van der Waals surface area contributed by atoms with Crippen molar-refractivity contribution in [1.82, 2.24) is 10.3 Å². The zero-order valence-electron chi connectivity index (χ0n) is 12.3. The third-order valence-corrected chi connectivity index (χ3v) is 3.14. The van der Waals surface area contributed by atoms with Crippen LogP contribution in [0.2, 0.25) is 5.02 Å². The van der Waals surface area contributed by atoms with Crippen molar-refractivity contribution in [2.24, 2.45) is 0 Å². The quantitative estimate of drug-likeness (QED) is 0.907. The third kappa shape index (κ3) is 5.22. The van der Waals surface area contributed by atoms with Gasteiger partial charge in [0.15, 0.2) is 0 Å². The van der Waals surface area contributed by atoms with Gasteiger partial charge in [-0.1, -0.05) is 48.0 Å². The molecule has 0 atom stereocenters. The summed E-state index contributed by atoms with van der Waals surface area (Å²) in [6.07, 6.45) is 4.79. The topological polar surface area (TPSA) is 51.2 Å². The molecule has 2 rings (SSSR count). The number of halogens is 1. The van der Waals surface area contributed by atoms with Gasteiger partial charge in [0.1, 0.15) is 6.61 Å². The van der Waals surface area contributed by atoms with Crippen LogP contribution < -0.4 is 5.32 Å². The number of nitrogens with zero attached hydrogens (tertiary/aromatic N) is 1. The number of rotatable bonds is 5. The Hall–Kier alpha value is -2.33. The van der Waals surface area contributed by atoms with E-state index >= 15 is 0 Å². The molecule has 0 spiro atoms. The number of ether oxygens (including phenoxy) is 1. The largest absolute Gasteiger partial charge is 0.445 e. The molecule has 1 N–H and O–H groups in total. The number of carbonyl (C=O) groups excluding carboxylic acids is 1. The molecule has 5 heteroatoms. The van der Waals surface area contributed by atoms with Crippen molar-refractivity contribution in [1.29, 1.82) is 0 Å². The lowest BCUT2D eigenvalue weighted by molar-refractivity contribution is 0.141. The van der Waals surface area contributed by atoms with E-state index in [0.717, 1.165) is 16.8 Å². The number of amides is 1. The summed E-state index contributed by atoms with van der Waals surface area (Å²) in [5, 5.41) is 3.26. The molecule has 1 aromatic heterocycles. The van der Waals surface area contributed by atoms with Crippen LogP contribution in [0.3, 0.4) is 0 Å². The van der Waals surface area contributed by atoms with Gasteiger partial charge in [-0.05, 0) is 30.2 Å². The summed E-state index contributed by atoms with van der Waals surface area (Å²) in [5.74, 6) is 0. The van der Waals surface area contributed by atoms with Crippen LogP contribution in [0.4, 0.5) is 4.79 Å². The Morgan fingerprint density at radius 3 is 2.86 bits per heavy atom. The molecule has 0 unspecified atom stereocenters. The molecule has 1 aromatic carbocycles. The van der Waals surface area contributed by atoms with Gasteiger partial charge in [-0.15, -0.1) is 0 Å². The second kappa shape index (κ2) is 8.20. The predicted octanol–water partition coefficient (Wildman–Crippen LogP) is 3.98. The summed E-state index contributed by atoms with van der Waals surface area (Å²) < 4.78 is 5.10. The highest BCUT2D eigenvalue weighted by molar-refractivity contribution is 6.30. The summed E-state index contributed by atoms with van der Waals surface area (Å²) in [7, 11) is 0. The summed E-state index contributed by atoms with van der Waals surface area (Å²) in [6.45, 7) is 2.56. The van der Waals surface area contributed by atoms with Gasteiger partial charge in [-0.2, -0.15) is 0 Å². The van der Waals surface area contributed by atoms with E-state index in [1.54, 1.807) is 6.20 Å². The van der Waals surface area contributed by atoms with Gasteiger partial charge in [0, 0.05) is 12.7 Å². The molecule has 0 aliphatic rings. The lowest BCUT2D eigenvalue weighted by Gasteiger charge is -2.05. The Labute approximate surface area is 134 Å². The molecule has 0 saturated carbocycles. The number of hydrogen-bond acceptors (Lipinski definition) is 3. The summed E-state index contributed by atoms with van der Waals surface area (Å²) >= 11 is 5.84. The van der Waals surface area contributed by atoms with E-state index in [0.29, 0.717) is 11.6 Å². The molecule has 4 nitrogen and oxygen atoms in total. The van der Waals surface area contributed by atoms with Crippen molar-refractivity contribution in [2.75, 3.05) is 6.54 Å². The fraction of sp³-hybridized carbons (Fsp3) is 0.176. The van der Waals surface area contributed by atoms with E-state index < -0.39 is 6.09 Å². The first-order chi connectivity index (χ1) is 10.6. The predicted molar refractivity (Wildman–Crippen MR) is 87.6 cm³/mol. The smallest absolute Gasteiger partial charge is 0.407 e. The molecule has 114 valence electrons. The van der Waals surface area contributed by atoms with Gasteiger partial charge in [0.05, 0.1) is 10.7 Å². The first kappa shape index (κ1) is 16.0. The number of aryl methyl sites for hydroxylation is 1. The maximum atomic E-state index is 11.5. The van der Waals surface area contributed by atoms with Crippen molar-refractivity contribution in [3.05, 3.63) is 70.5 Å². The fourth-order valence-electron chi connectivity index (χ4n) is 1.81. The van der Waals surface area contributed by atoms with Crippen LogP contribution in [0.15, 0.2) is 48.7 Å². The maximum absolute atomic E-state index is 11.5. The van der Waals surface area contributed by atoms with E-state index in [9.17, 15) is 4.79 Å². The van der Waals surface area contributed by atoms with Gasteiger partial charge in [0.2, 0.25) is 0 Å². The Morgan fingerprint density at radius 2 is 2.14 bits per heavy atom. The zero-order valence-corrected chi connectivity index (χ0v) is 13.0. The van der Waals surface area contributed by atoms with Crippen LogP contribution in [0.1, 0.15) is 16.8 Å². The molecular weight excluding hydrogens is 300 g/mol. The number of aromatic nitrogens is 1. The average molecular weight is 317 g/mol. The molecule has 22 heavy (non-hydrogen) atoms. The molecule has 1 amide bonds. The number of alkyl carbamates (subject to hydrolysis) is 1. The molecule has 0 bridgehead atoms.